The van der Waals surface area contributed by atoms with Gasteiger partial charge in [0, 0.05) is 0 Å². The van der Waals surface area contributed by atoms with Gasteiger partial charge in [-0.25, -0.2) is 0 Å². The van der Waals surface area contributed by atoms with Crippen LogP contribution in [0, 0.1) is 0 Å². The van der Waals surface area contributed by atoms with E-state index in [2.05, 4.69) is 60.7 Å². The van der Waals surface area contributed by atoms with Crippen LogP contribution in [0.2, 0.25) is 10.0 Å². The summed E-state index contributed by atoms with van der Waals surface area (Å²) in [5.41, 5.74) is 19.7. The molecule has 5 rings (SSSR count). The summed E-state index contributed by atoms with van der Waals surface area (Å²) in [5.74, 6) is 0. The van der Waals surface area contributed by atoms with Gasteiger partial charge in [-0.3, -0.25) is 0 Å². The lowest BCUT2D eigenvalue weighted by Gasteiger charge is -2.42. The zero-order valence-corrected chi connectivity index (χ0v) is 17.7. The van der Waals surface area contributed by atoms with E-state index in [1.165, 1.54) is 22.3 Å². The van der Waals surface area contributed by atoms with E-state index in [-0.39, 0.29) is 0 Å². The highest BCUT2D eigenvalue weighted by atomic mass is 35.5. The van der Waals surface area contributed by atoms with Crippen LogP contribution < -0.4 is 11.5 Å². The molecule has 0 aliphatic heterocycles. The van der Waals surface area contributed by atoms with Crippen LogP contribution in [0.15, 0.2) is 84.9 Å². The SMILES string of the molecule is Nc1ccc(C2(c3ccc(N)c(Cl)c3)c3ccccc3Cc3ccccc32)cc1Cl. The van der Waals surface area contributed by atoms with E-state index in [0.29, 0.717) is 21.4 Å². The van der Waals surface area contributed by atoms with Crippen LogP contribution >= 0.6 is 23.2 Å². The van der Waals surface area contributed by atoms with E-state index in [1.807, 2.05) is 24.3 Å². The monoisotopic (exact) mass is 430 g/mol. The van der Waals surface area contributed by atoms with Gasteiger partial charge in [-0.05, 0) is 64.1 Å². The molecule has 4 N–H and O–H groups in total. The third kappa shape index (κ3) is 2.72. The van der Waals surface area contributed by atoms with Crippen molar-refractivity contribution in [3.05, 3.63) is 128 Å². The second kappa shape index (κ2) is 7.09. The van der Waals surface area contributed by atoms with E-state index < -0.39 is 5.41 Å². The highest BCUT2D eigenvalue weighted by Gasteiger charge is 2.43. The molecule has 30 heavy (non-hydrogen) atoms. The number of nitrogen functional groups attached to an aromatic ring is 2. The summed E-state index contributed by atoms with van der Waals surface area (Å²) >= 11 is 13.0. The maximum atomic E-state index is 6.52. The fourth-order valence-electron chi connectivity index (χ4n) is 4.74. The molecule has 2 nitrogen and oxygen atoms in total. The number of fused-ring (bicyclic) bond motifs is 2. The Bertz CT molecular complexity index is 1180. The van der Waals surface area contributed by atoms with Crippen LogP contribution in [-0.2, 0) is 11.8 Å². The van der Waals surface area contributed by atoms with E-state index in [0.717, 1.165) is 17.5 Å². The summed E-state index contributed by atoms with van der Waals surface area (Å²) in [4.78, 5) is 0. The molecule has 0 spiro atoms. The Morgan fingerprint density at radius 3 is 1.47 bits per heavy atom. The summed E-state index contributed by atoms with van der Waals surface area (Å²) in [6.45, 7) is 0. The Morgan fingerprint density at radius 2 is 1.03 bits per heavy atom. The van der Waals surface area contributed by atoms with Crippen molar-refractivity contribution >= 4 is 34.6 Å². The number of hydrogen-bond acceptors (Lipinski definition) is 2. The van der Waals surface area contributed by atoms with Gasteiger partial charge in [-0.1, -0.05) is 83.9 Å². The Labute approximate surface area is 186 Å². The first-order chi connectivity index (χ1) is 14.5. The lowest BCUT2D eigenvalue weighted by atomic mass is 9.59. The van der Waals surface area contributed by atoms with Gasteiger partial charge in [0.2, 0.25) is 0 Å². The van der Waals surface area contributed by atoms with Crippen molar-refractivity contribution < 1.29 is 0 Å². The van der Waals surface area contributed by atoms with Crippen LogP contribution in [0.5, 0.6) is 0 Å². The van der Waals surface area contributed by atoms with Gasteiger partial charge in [0.1, 0.15) is 0 Å². The number of rotatable bonds is 2. The molecule has 0 unspecified atom stereocenters. The zero-order chi connectivity index (χ0) is 20.9. The topological polar surface area (TPSA) is 52.0 Å². The van der Waals surface area contributed by atoms with Crippen molar-refractivity contribution in [2.24, 2.45) is 0 Å². The first kappa shape index (κ1) is 19.0. The highest BCUT2D eigenvalue weighted by Crippen LogP contribution is 2.52. The minimum Gasteiger partial charge on any atom is -0.398 e. The molecular formula is C26H20Cl2N2. The molecule has 4 heteroatoms. The van der Waals surface area contributed by atoms with Gasteiger partial charge in [-0.2, -0.15) is 0 Å². The van der Waals surface area contributed by atoms with Crippen LogP contribution in [0.4, 0.5) is 11.4 Å². The Kier molecular flexibility index (Phi) is 4.50. The molecule has 1 aliphatic rings. The summed E-state index contributed by atoms with van der Waals surface area (Å²) in [7, 11) is 0. The van der Waals surface area contributed by atoms with E-state index in [9.17, 15) is 0 Å². The lowest BCUT2D eigenvalue weighted by Crippen LogP contribution is -2.36. The van der Waals surface area contributed by atoms with Gasteiger partial charge in [0.25, 0.3) is 0 Å². The van der Waals surface area contributed by atoms with Crippen molar-refractivity contribution in [2.45, 2.75) is 11.8 Å². The molecule has 0 bridgehead atoms. The van der Waals surface area contributed by atoms with Gasteiger partial charge in [0.15, 0.2) is 0 Å². The van der Waals surface area contributed by atoms with Crippen LogP contribution in [-0.4, -0.2) is 0 Å². The van der Waals surface area contributed by atoms with Crippen LogP contribution in [0.3, 0.4) is 0 Å². The average Bonchev–Trinajstić information content (AvgIpc) is 2.76. The third-order valence-corrected chi connectivity index (χ3v) is 6.75. The molecule has 0 saturated heterocycles. The third-order valence-electron chi connectivity index (χ3n) is 6.09. The smallest absolute Gasteiger partial charge is 0.0708 e. The van der Waals surface area contributed by atoms with Gasteiger partial charge in [0.05, 0.1) is 26.8 Å². The van der Waals surface area contributed by atoms with Gasteiger partial charge in [-0.15, -0.1) is 0 Å². The molecule has 4 aromatic carbocycles. The van der Waals surface area contributed by atoms with E-state index in [1.54, 1.807) is 0 Å². The summed E-state index contributed by atoms with van der Waals surface area (Å²) in [6.07, 6.45) is 0.875. The molecule has 0 saturated carbocycles. The second-order valence-corrected chi connectivity index (χ2v) is 8.53. The molecule has 1 aliphatic carbocycles. The summed E-state index contributed by atoms with van der Waals surface area (Å²) in [6, 6.07) is 28.9. The van der Waals surface area contributed by atoms with Crippen LogP contribution in [0.1, 0.15) is 33.4 Å². The van der Waals surface area contributed by atoms with Gasteiger partial charge >= 0.3 is 0 Å². The standard InChI is InChI=1S/C26H20Cl2N2/c27-22-14-18(9-11-24(22)29)26(19-10-12-25(30)23(28)15-19)20-7-3-1-5-16(20)13-17-6-2-4-8-21(17)26/h1-12,14-15H,13,29-30H2. The zero-order valence-electron chi connectivity index (χ0n) is 16.2. The van der Waals surface area contributed by atoms with Crippen molar-refractivity contribution in [2.75, 3.05) is 11.5 Å². The first-order valence-corrected chi connectivity index (χ1v) is 10.5. The molecule has 0 fully saturated rings. The molecule has 148 valence electrons. The molecule has 4 aromatic rings. The highest BCUT2D eigenvalue weighted by molar-refractivity contribution is 6.33. The number of nitrogens with two attached hydrogens (primary N) is 2. The van der Waals surface area contributed by atoms with Crippen molar-refractivity contribution in [3.63, 3.8) is 0 Å². The molecular weight excluding hydrogens is 411 g/mol. The minimum atomic E-state index is -0.583. The van der Waals surface area contributed by atoms with Crippen LogP contribution in [0.25, 0.3) is 0 Å². The second-order valence-electron chi connectivity index (χ2n) is 7.71. The lowest BCUT2D eigenvalue weighted by molar-refractivity contribution is 0.703. The number of benzene rings is 4. The van der Waals surface area contributed by atoms with Crippen molar-refractivity contribution in [3.8, 4) is 0 Å². The molecule has 0 heterocycles. The molecule has 0 amide bonds. The Balaban J connectivity index is 1.97. The molecule has 0 radical (unpaired) electrons. The van der Waals surface area contributed by atoms with Gasteiger partial charge < -0.3 is 11.5 Å². The fraction of sp³-hybridized carbons (Fsp3) is 0.0769. The first-order valence-electron chi connectivity index (χ1n) is 9.79. The predicted molar refractivity (Wildman–Crippen MR) is 126 cm³/mol. The van der Waals surface area contributed by atoms with E-state index >= 15 is 0 Å². The number of anilines is 2. The van der Waals surface area contributed by atoms with E-state index in [4.69, 9.17) is 34.7 Å². The maximum absolute atomic E-state index is 6.52. The average molecular weight is 431 g/mol. The normalized spacial score (nSPS) is 14.1. The molecule has 0 aromatic heterocycles. The fourth-order valence-corrected chi connectivity index (χ4v) is 5.10. The van der Waals surface area contributed by atoms with Crippen molar-refractivity contribution in [1.82, 2.24) is 0 Å². The molecule has 0 atom stereocenters. The Morgan fingerprint density at radius 1 is 0.600 bits per heavy atom. The predicted octanol–water partition coefficient (Wildman–Crippen LogP) is 6.44. The summed E-state index contributed by atoms with van der Waals surface area (Å²) < 4.78 is 0. The largest absolute Gasteiger partial charge is 0.398 e. The maximum Gasteiger partial charge on any atom is 0.0708 e. The quantitative estimate of drug-likeness (QED) is 0.316. The van der Waals surface area contributed by atoms with Crippen molar-refractivity contribution in [1.29, 1.82) is 0 Å². The Hall–Kier alpha value is -2.94. The number of hydrogen-bond donors (Lipinski definition) is 2. The summed E-state index contributed by atoms with van der Waals surface area (Å²) in [5, 5.41) is 1.07. The minimum absolute atomic E-state index is 0.536. The number of halogens is 2.